The van der Waals surface area contributed by atoms with Gasteiger partial charge in [-0.2, -0.15) is 5.10 Å². The predicted molar refractivity (Wildman–Crippen MR) is 88.7 cm³/mol. The van der Waals surface area contributed by atoms with Crippen molar-refractivity contribution in [3.05, 3.63) is 47.5 Å². The number of nitrogens with zero attached hydrogens (tertiary/aromatic N) is 2. The van der Waals surface area contributed by atoms with Gasteiger partial charge in [0.25, 0.3) is 5.91 Å². The highest BCUT2D eigenvalue weighted by molar-refractivity contribution is 6.01. The van der Waals surface area contributed by atoms with E-state index in [0.29, 0.717) is 5.56 Å². The Balaban J connectivity index is 2.27. The molecule has 0 aliphatic heterocycles. The van der Waals surface area contributed by atoms with Crippen LogP contribution in [0.2, 0.25) is 0 Å². The lowest BCUT2D eigenvalue weighted by Crippen LogP contribution is -2.17. The third-order valence-electron chi connectivity index (χ3n) is 3.85. The minimum absolute atomic E-state index is 0.106. The van der Waals surface area contributed by atoms with E-state index in [2.05, 4.69) is 10.4 Å². The first-order chi connectivity index (χ1) is 10.5. The van der Waals surface area contributed by atoms with Crippen LogP contribution in [0.5, 0.6) is 0 Å². The molecule has 0 saturated carbocycles. The molecule has 0 fully saturated rings. The maximum Gasteiger partial charge on any atom is 0.251 e. The van der Waals surface area contributed by atoms with Crippen molar-refractivity contribution in [1.82, 2.24) is 15.1 Å². The van der Waals surface area contributed by atoms with Gasteiger partial charge in [-0.1, -0.05) is 6.07 Å². The number of carbonyl (C=O) groups excluding carboxylic acids is 1. The largest absolute Gasteiger partial charge is 0.399 e. The summed E-state index contributed by atoms with van der Waals surface area (Å²) in [6.07, 6.45) is 0. The van der Waals surface area contributed by atoms with Gasteiger partial charge in [0.15, 0.2) is 0 Å². The van der Waals surface area contributed by atoms with E-state index >= 15 is 0 Å². The van der Waals surface area contributed by atoms with E-state index in [9.17, 15) is 4.79 Å². The summed E-state index contributed by atoms with van der Waals surface area (Å²) >= 11 is 0. The SMILES string of the molecule is CNC(=O)c1ccc2c(c1)c(-c1ccc(N)cc1C)nn2C. The van der Waals surface area contributed by atoms with Gasteiger partial charge in [-0.05, 0) is 42.8 Å². The molecular weight excluding hydrogens is 276 g/mol. The van der Waals surface area contributed by atoms with Crippen molar-refractivity contribution in [2.24, 2.45) is 7.05 Å². The predicted octanol–water partition coefficient (Wildman–Crippen LogP) is 2.49. The minimum atomic E-state index is -0.106. The van der Waals surface area contributed by atoms with Crippen LogP contribution in [0.15, 0.2) is 36.4 Å². The number of amides is 1. The topological polar surface area (TPSA) is 72.9 Å². The number of nitrogen functional groups attached to an aromatic ring is 1. The van der Waals surface area contributed by atoms with Crippen LogP contribution in [0.1, 0.15) is 15.9 Å². The number of nitrogens with one attached hydrogen (secondary N) is 1. The molecule has 0 unspecified atom stereocenters. The summed E-state index contributed by atoms with van der Waals surface area (Å²) < 4.78 is 1.83. The van der Waals surface area contributed by atoms with Gasteiger partial charge in [0.05, 0.1) is 5.52 Å². The van der Waals surface area contributed by atoms with Crippen molar-refractivity contribution in [2.75, 3.05) is 12.8 Å². The lowest BCUT2D eigenvalue weighted by Gasteiger charge is -2.05. The second-order valence-corrected chi connectivity index (χ2v) is 5.36. The summed E-state index contributed by atoms with van der Waals surface area (Å²) in [6.45, 7) is 2.01. The molecule has 22 heavy (non-hydrogen) atoms. The zero-order chi connectivity index (χ0) is 15.9. The molecule has 3 aromatic rings. The Bertz CT molecular complexity index is 880. The molecule has 112 valence electrons. The Hall–Kier alpha value is -2.82. The van der Waals surface area contributed by atoms with Crippen LogP contribution in [0.3, 0.4) is 0 Å². The third-order valence-corrected chi connectivity index (χ3v) is 3.85. The number of hydrogen-bond acceptors (Lipinski definition) is 3. The fourth-order valence-electron chi connectivity index (χ4n) is 2.70. The number of benzene rings is 2. The fourth-order valence-corrected chi connectivity index (χ4v) is 2.70. The Kier molecular flexibility index (Phi) is 3.33. The fraction of sp³-hybridized carbons (Fsp3) is 0.176. The Morgan fingerprint density at radius 2 is 2.00 bits per heavy atom. The van der Waals surface area contributed by atoms with Crippen molar-refractivity contribution >= 4 is 22.5 Å². The summed E-state index contributed by atoms with van der Waals surface area (Å²) in [6, 6.07) is 11.4. The van der Waals surface area contributed by atoms with Crippen LogP contribution in [0, 0.1) is 6.92 Å². The molecule has 3 rings (SSSR count). The molecule has 1 amide bonds. The van der Waals surface area contributed by atoms with Crippen molar-refractivity contribution in [2.45, 2.75) is 6.92 Å². The first-order valence-electron chi connectivity index (χ1n) is 7.06. The van der Waals surface area contributed by atoms with E-state index < -0.39 is 0 Å². The average Bonchev–Trinajstić information content (AvgIpc) is 2.83. The summed E-state index contributed by atoms with van der Waals surface area (Å²) in [5.74, 6) is -0.106. The number of aryl methyl sites for hydroxylation is 2. The van der Waals surface area contributed by atoms with Crippen molar-refractivity contribution in [1.29, 1.82) is 0 Å². The highest BCUT2D eigenvalue weighted by atomic mass is 16.1. The molecule has 3 N–H and O–H groups in total. The van der Waals surface area contributed by atoms with E-state index in [1.165, 1.54) is 0 Å². The van der Waals surface area contributed by atoms with Gasteiger partial charge < -0.3 is 11.1 Å². The van der Waals surface area contributed by atoms with Crippen LogP contribution in [0.4, 0.5) is 5.69 Å². The number of carbonyl (C=O) groups is 1. The van der Waals surface area contributed by atoms with Crippen LogP contribution in [-0.2, 0) is 7.05 Å². The van der Waals surface area contributed by atoms with Gasteiger partial charge in [-0.25, -0.2) is 0 Å². The van der Waals surface area contributed by atoms with Crippen LogP contribution >= 0.6 is 0 Å². The van der Waals surface area contributed by atoms with Gasteiger partial charge >= 0.3 is 0 Å². The Morgan fingerprint density at radius 3 is 2.68 bits per heavy atom. The van der Waals surface area contributed by atoms with Crippen LogP contribution in [0.25, 0.3) is 22.2 Å². The van der Waals surface area contributed by atoms with E-state index in [-0.39, 0.29) is 5.91 Å². The number of anilines is 1. The third kappa shape index (κ3) is 2.20. The monoisotopic (exact) mass is 294 g/mol. The van der Waals surface area contributed by atoms with E-state index in [0.717, 1.165) is 33.4 Å². The number of nitrogens with two attached hydrogens (primary N) is 1. The lowest BCUT2D eigenvalue weighted by molar-refractivity contribution is 0.0963. The van der Waals surface area contributed by atoms with Crippen molar-refractivity contribution in [3.63, 3.8) is 0 Å². The molecule has 1 heterocycles. The number of aromatic nitrogens is 2. The molecule has 0 aliphatic carbocycles. The molecule has 5 heteroatoms. The second kappa shape index (κ2) is 5.18. The summed E-state index contributed by atoms with van der Waals surface area (Å²) in [5.41, 5.74) is 11.1. The zero-order valence-electron chi connectivity index (χ0n) is 12.8. The summed E-state index contributed by atoms with van der Waals surface area (Å²) in [7, 11) is 3.53. The lowest BCUT2D eigenvalue weighted by atomic mass is 10.0. The maximum atomic E-state index is 11.9. The Morgan fingerprint density at radius 1 is 1.23 bits per heavy atom. The molecular formula is C17H18N4O. The summed E-state index contributed by atoms with van der Waals surface area (Å²) in [4.78, 5) is 11.9. The molecule has 0 atom stereocenters. The van der Waals surface area contributed by atoms with Gasteiger partial charge in [-0.3, -0.25) is 9.48 Å². The molecule has 1 aromatic heterocycles. The van der Waals surface area contributed by atoms with E-state index in [1.54, 1.807) is 7.05 Å². The smallest absolute Gasteiger partial charge is 0.251 e. The quantitative estimate of drug-likeness (QED) is 0.713. The molecule has 0 aliphatic rings. The van der Waals surface area contributed by atoms with Crippen molar-refractivity contribution in [3.8, 4) is 11.3 Å². The molecule has 0 bridgehead atoms. The average molecular weight is 294 g/mol. The first kappa shape index (κ1) is 14.1. The Labute approximate surface area is 128 Å². The molecule has 0 saturated heterocycles. The van der Waals surface area contributed by atoms with E-state index in [4.69, 9.17) is 5.73 Å². The van der Waals surface area contributed by atoms with Gasteiger partial charge in [0, 0.05) is 36.3 Å². The number of fused-ring (bicyclic) bond motifs is 1. The number of hydrogen-bond donors (Lipinski definition) is 2. The maximum absolute atomic E-state index is 11.9. The molecule has 0 spiro atoms. The highest BCUT2D eigenvalue weighted by Gasteiger charge is 2.15. The standard InChI is InChI=1S/C17H18N4O/c1-10-8-12(18)5-6-13(10)16-14-9-11(17(22)19-2)4-7-15(14)21(3)20-16/h4-9H,18H2,1-3H3,(H,19,22). The van der Waals surface area contributed by atoms with Crippen LogP contribution < -0.4 is 11.1 Å². The van der Waals surface area contributed by atoms with Gasteiger partial charge in [-0.15, -0.1) is 0 Å². The van der Waals surface area contributed by atoms with Gasteiger partial charge in [0.1, 0.15) is 5.69 Å². The minimum Gasteiger partial charge on any atom is -0.399 e. The van der Waals surface area contributed by atoms with Crippen molar-refractivity contribution < 1.29 is 4.79 Å². The molecule has 2 aromatic carbocycles. The van der Waals surface area contributed by atoms with Gasteiger partial charge in [0.2, 0.25) is 0 Å². The molecule has 0 radical (unpaired) electrons. The second-order valence-electron chi connectivity index (χ2n) is 5.36. The highest BCUT2D eigenvalue weighted by Crippen LogP contribution is 2.31. The van der Waals surface area contributed by atoms with E-state index in [1.807, 2.05) is 55.1 Å². The zero-order valence-corrected chi connectivity index (χ0v) is 12.8. The summed E-state index contributed by atoms with van der Waals surface area (Å²) in [5, 5.41) is 8.22. The molecule has 5 nitrogen and oxygen atoms in total. The first-order valence-corrected chi connectivity index (χ1v) is 7.06. The van der Waals surface area contributed by atoms with Crippen LogP contribution in [-0.4, -0.2) is 22.7 Å². The number of rotatable bonds is 2. The normalized spacial score (nSPS) is 10.9.